The number of nitrogens with zero attached hydrogens (tertiary/aromatic N) is 1. The molecule has 0 fully saturated rings. The Morgan fingerprint density at radius 1 is 1.15 bits per heavy atom. The van der Waals surface area contributed by atoms with Gasteiger partial charge in [-0.25, -0.2) is 4.79 Å². The van der Waals surface area contributed by atoms with Gasteiger partial charge in [-0.2, -0.15) is 0 Å². The average molecular weight is 380 g/mol. The number of hydrogen-bond donors (Lipinski definition) is 1. The molecule has 1 aromatic carbocycles. The number of aryl methyl sites for hydroxylation is 2. The molecule has 138 valence electrons. The first-order valence-corrected chi connectivity index (χ1v) is 9.47. The molecule has 2 heterocycles. The molecule has 0 atom stereocenters. The van der Waals surface area contributed by atoms with Gasteiger partial charge in [-0.15, -0.1) is 11.3 Å². The zero-order valence-electron chi connectivity index (χ0n) is 15.4. The van der Waals surface area contributed by atoms with Crippen LogP contribution in [-0.4, -0.2) is 23.5 Å². The number of aromatic nitrogens is 1. The van der Waals surface area contributed by atoms with Gasteiger partial charge in [0, 0.05) is 17.1 Å². The fourth-order valence-electron chi connectivity index (χ4n) is 2.64. The highest BCUT2D eigenvalue weighted by atomic mass is 32.1. The standard InChI is InChI=1S/C21H20N2O3S/c1-4-26-21(25)18-16(15-9-8-13(2)14(3)11-15)12-27-20(18)23-19(24)17-7-5-6-10-22-17/h5-12H,4H2,1-3H3,(H,23,24). The molecular formula is C21H20N2O3S. The lowest BCUT2D eigenvalue weighted by Gasteiger charge is -2.10. The van der Waals surface area contributed by atoms with E-state index >= 15 is 0 Å². The van der Waals surface area contributed by atoms with Crippen LogP contribution >= 0.6 is 11.3 Å². The van der Waals surface area contributed by atoms with Gasteiger partial charge < -0.3 is 10.1 Å². The van der Waals surface area contributed by atoms with Crippen molar-refractivity contribution in [3.05, 3.63) is 70.4 Å². The molecule has 5 nitrogen and oxygen atoms in total. The summed E-state index contributed by atoms with van der Waals surface area (Å²) in [6.07, 6.45) is 1.55. The van der Waals surface area contributed by atoms with Crippen molar-refractivity contribution in [1.29, 1.82) is 0 Å². The Hall–Kier alpha value is -2.99. The molecule has 0 saturated heterocycles. The summed E-state index contributed by atoms with van der Waals surface area (Å²) in [5, 5.41) is 5.12. The lowest BCUT2D eigenvalue weighted by Crippen LogP contribution is -2.15. The molecule has 0 unspecified atom stereocenters. The maximum absolute atomic E-state index is 12.6. The molecule has 0 aliphatic carbocycles. The van der Waals surface area contributed by atoms with Gasteiger partial charge in [0.05, 0.1) is 6.61 Å². The van der Waals surface area contributed by atoms with Crippen molar-refractivity contribution >= 4 is 28.2 Å². The maximum Gasteiger partial charge on any atom is 0.341 e. The van der Waals surface area contributed by atoms with E-state index in [0.717, 1.165) is 16.7 Å². The Balaban J connectivity index is 2.01. The van der Waals surface area contributed by atoms with Gasteiger partial charge in [0.25, 0.3) is 5.91 Å². The van der Waals surface area contributed by atoms with E-state index in [1.54, 1.807) is 31.3 Å². The van der Waals surface area contributed by atoms with E-state index in [1.807, 2.05) is 37.4 Å². The molecule has 3 aromatic rings. The van der Waals surface area contributed by atoms with E-state index in [9.17, 15) is 9.59 Å². The van der Waals surface area contributed by atoms with Crippen LogP contribution in [0.4, 0.5) is 5.00 Å². The van der Waals surface area contributed by atoms with E-state index in [1.165, 1.54) is 16.9 Å². The van der Waals surface area contributed by atoms with Crippen molar-refractivity contribution in [1.82, 2.24) is 4.98 Å². The van der Waals surface area contributed by atoms with Gasteiger partial charge in [-0.1, -0.05) is 24.3 Å². The number of ether oxygens (including phenoxy) is 1. The zero-order valence-corrected chi connectivity index (χ0v) is 16.2. The number of benzene rings is 1. The van der Waals surface area contributed by atoms with E-state index < -0.39 is 5.97 Å². The molecular weight excluding hydrogens is 360 g/mol. The average Bonchev–Trinajstić information content (AvgIpc) is 3.08. The normalized spacial score (nSPS) is 10.5. The number of pyridine rings is 1. The first kappa shape index (κ1) is 18.8. The Kier molecular flexibility index (Phi) is 5.66. The first-order valence-electron chi connectivity index (χ1n) is 8.60. The number of nitrogens with one attached hydrogen (secondary N) is 1. The van der Waals surface area contributed by atoms with Gasteiger partial charge >= 0.3 is 5.97 Å². The summed E-state index contributed by atoms with van der Waals surface area (Å²) in [7, 11) is 0. The monoisotopic (exact) mass is 380 g/mol. The first-order chi connectivity index (χ1) is 13.0. The predicted octanol–water partition coefficient (Wildman–Crippen LogP) is 4.86. The summed E-state index contributed by atoms with van der Waals surface area (Å²) in [6.45, 7) is 6.08. The largest absolute Gasteiger partial charge is 0.462 e. The van der Waals surface area contributed by atoms with Gasteiger partial charge in [0.15, 0.2) is 0 Å². The zero-order chi connectivity index (χ0) is 19.4. The van der Waals surface area contributed by atoms with Gasteiger partial charge in [-0.3, -0.25) is 9.78 Å². The molecule has 0 radical (unpaired) electrons. The van der Waals surface area contributed by atoms with E-state index in [4.69, 9.17) is 4.74 Å². The third kappa shape index (κ3) is 4.06. The van der Waals surface area contributed by atoms with Crippen molar-refractivity contribution < 1.29 is 14.3 Å². The van der Waals surface area contributed by atoms with Crippen molar-refractivity contribution in [2.24, 2.45) is 0 Å². The number of esters is 1. The topological polar surface area (TPSA) is 68.3 Å². The molecule has 0 spiro atoms. The number of carbonyl (C=O) groups excluding carboxylic acids is 2. The van der Waals surface area contributed by atoms with Crippen LogP contribution in [0.5, 0.6) is 0 Å². The highest BCUT2D eigenvalue weighted by Gasteiger charge is 2.23. The summed E-state index contributed by atoms with van der Waals surface area (Å²) in [6, 6.07) is 11.1. The fraction of sp³-hybridized carbons (Fsp3) is 0.190. The summed E-state index contributed by atoms with van der Waals surface area (Å²) in [5.74, 6) is -0.821. The van der Waals surface area contributed by atoms with E-state index in [0.29, 0.717) is 10.6 Å². The second-order valence-corrected chi connectivity index (χ2v) is 6.92. The lowest BCUT2D eigenvalue weighted by atomic mass is 9.99. The van der Waals surface area contributed by atoms with Crippen LogP contribution in [0.25, 0.3) is 11.1 Å². The van der Waals surface area contributed by atoms with Crippen LogP contribution < -0.4 is 5.32 Å². The number of anilines is 1. The Morgan fingerprint density at radius 3 is 2.63 bits per heavy atom. The minimum Gasteiger partial charge on any atom is -0.462 e. The van der Waals surface area contributed by atoms with Crippen molar-refractivity contribution in [2.75, 3.05) is 11.9 Å². The highest BCUT2D eigenvalue weighted by Crippen LogP contribution is 2.37. The minimum absolute atomic E-state index is 0.259. The summed E-state index contributed by atoms with van der Waals surface area (Å²) in [4.78, 5) is 29.1. The molecule has 3 rings (SSSR count). The molecule has 1 N–H and O–H groups in total. The van der Waals surface area contributed by atoms with Gasteiger partial charge in [0.1, 0.15) is 16.3 Å². The Morgan fingerprint density at radius 2 is 1.96 bits per heavy atom. The number of hydrogen-bond acceptors (Lipinski definition) is 5. The molecule has 0 bridgehead atoms. The van der Waals surface area contributed by atoms with Crippen molar-refractivity contribution in [2.45, 2.75) is 20.8 Å². The van der Waals surface area contributed by atoms with Crippen LogP contribution in [0.3, 0.4) is 0 Å². The quantitative estimate of drug-likeness (QED) is 0.642. The lowest BCUT2D eigenvalue weighted by molar-refractivity contribution is 0.0529. The van der Waals surface area contributed by atoms with Crippen LogP contribution in [0.2, 0.25) is 0 Å². The van der Waals surface area contributed by atoms with Gasteiger partial charge in [-0.05, 0) is 49.6 Å². The second-order valence-electron chi connectivity index (χ2n) is 6.04. The Labute approximate surface area is 162 Å². The number of carbonyl (C=O) groups is 2. The number of amides is 1. The highest BCUT2D eigenvalue weighted by molar-refractivity contribution is 7.15. The molecule has 2 aromatic heterocycles. The molecule has 6 heteroatoms. The third-order valence-corrected chi connectivity index (χ3v) is 5.11. The van der Waals surface area contributed by atoms with Crippen LogP contribution in [0.1, 0.15) is 38.9 Å². The fourth-order valence-corrected chi connectivity index (χ4v) is 3.59. The minimum atomic E-state index is -0.455. The molecule has 27 heavy (non-hydrogen) atoms. The Bertz CT molecular complexity index is 980. The number of thiophene rings is 1. The smallest absolute Gasteiger partial charge is 0.341 e. The second kappa shape index (κ2) is 8.14. The number of rotatable bonds is 5. The molecule has 0 aliphatic heterocycles. The van der Waals surface area contributed by atoms with E-state index in [-0.39, 0.29) is 18.2 Å². The SMILES string of the molecule is CCOC(=O)c1c(-c2ccc(C)c(C)c2)csc1NC(=O)c1ccccn1. The van der Waals surface area contributed by atoms with Crippen LogP contribution in [0, 0.1) is 13.8 Å². The molecule has 1 amide bonds. The maximum atomic E-state index is 12.6. The predicted molar refractivity (Wildman–Crippen MR) is 107 cm³/mol. The van der Waals surface area contributed by atoms with E-state index in [2.05, 4.69) is 10.3 Å². The van der Waals surface area contributed by atoms with Crippen LogP contribution in [0.15, 0.2) is 48.0 Å². The molecule has 0 saturated carbocycles. The van der Waals surface area contributed by atoms with Gasteiger partial charge in [0.2, 0.25) is 0 Å². The van der Waals surface area contributed by atoms with Crippen LogP contribution in [-0.2, 0) is 4.74 Å². The summed E-state index contributed by atoms with van der Waals surface area (Å²) >= 11 is 1.30. The third-order valence-electron chi connectivity index (χ3n) is 4.21. The van der Waals surface area contributed by atoms with Crippen molar-refractivity contribution in [3.8, 4) is 11.1 Å². The van der Waals surface area contributed by atoms with Crippen molar-refractivity contribution in [3.63, 3.8) is 0 Å². The molecule has 0 aliphatic rings. The summed E-state index contributed by atoms with van der Waals surface area (Å²) in [5.41, 5.74) is 4.62. The summed E-state index contributed by atoms with van der Waals surface area (Å²) < 4.78 is 5.23.